The number of nitrogens with two attached hydrogens (primary N) is 1. The number of aliphatic hydroxyl groups is 1. The lowest BCUT2D eigenvalue weighted by molar-refractivity contribution is 0.252. The summed E-state index contributed by atoms with van der Waals surface area (Å²) in [5, 5.41) is 12.5. The molecule has 19 heavy (non-hydrogen) atoms. The molecule has 2 rings (SSSR count). The molecule has 5 nitrogen and oxygen atoms in total. The summed E-state index contributed by atoms with van der Waals surface area (Å²) in [5.41, 5.74) is 7.30. The Morgan fingerprint density at radius 3 is 2.47 bits per heavy atom. The molecule has 0 amide bonds. The topological polar surface area (TPSA) is 84.1 Å². The van der Waals surface area contributed by atoms with E-state index in [2.05, 4.69) is 22.2 Å². The van der Waals surface area contributed by atoms with Crippen LogP contribution in [0.25, 0.3) is 11.0 Å². The highest BCUT2D eigenvalue weighted by atomic mass is 16.3. The number of fused-ring (bicyclic) bond motifs is 1. The zero-order chi connectivity index (χ0) is 13.9. The molecule has 0 bridgehead atoms. The molecule has 1 aromatic carbocycles. The molecule has 0 aliphatic rings. The molecule has 4 N–H and O–H groups in total. The molecule has 1 aromatic heterocycles. The highest BCUT2D eigenvalue weighted by Crippen LogP contribution is 2.25. The molecule has 0 spiro atoms. The Morgan fingerprint density at radius 2 is 1.89 bits per heavy atom. The van der Waals surface area contributed by atoms with Crippen molar-refractivity contribution in [2.24, 2.45) is 0 Å². The van der Waals surface area contributed by atoms with Gasteiger partial charge in [-0.2, -0.15) is 0 Å². The molecule has 0 aliphatic heterocycles. The van der Waals surface area contributed by atoms with Crippen LogP contribution >= 0.6 is 0 Å². The Kier molecular flexibility index (Phi) is 3.85. The third-order valence-electron chi connectivity index (χ3n) is 3.46. The fourth-order valence-corrected chi connectivity index (χ4v) is 1.97. The molecule has 2 aromatic rings. The number of hydrogen-bond acceptors (Lipinski definition) is 5. The third kappa shape index (κ3) is 2.93. The van der Waals surface area contributed by atoms with Crippen LogP contribution in [0.5, 0.6) is 0 Å². The van der Waals surface area contributed by atoms with Gasteiger partial charge in [0.2, 0.25) is 0 Å². The average Bonchev–Trinajstić information content (AvgIpc) is 2.40. The standard InChI is InChI=1S/C14H20N4O/c1-3-14(2,8-9-19)18-13-12(15)16-10-6-4-5-7-11(10)17-13/h4-7,19H,3,8-9H2,1-2H3,(H2,15,16)(H,17,18). The van der Waals surface area contributed by atoms with Crippen molar-refractivity contribution in [3.63, 3.8) is 0 Å². The van der Waals surface area contributed by atoms with Gasteiger partial charge in [-0.1, -0.05) is 19.1 Å². The first-order chi connectivity index (χ1) is 9.08. The average molecular weight is 260 g/mol. The van der Waals surface area contributed by atoms with Gasteiger partial charge in [-0.05, 0) is 31.9 Å². The van der Waals surface area contributed by atoms with Gasteiger partial charge in [-0.3, -0.25) is 0 Å². The molecule has 1 heterocycles. The van der Waals surface area contributed by atoms with Crippen LogP contribution in [0.3, 0.4) is 0 Å². The number of aliphatic hydroxyl groups excluding tert-OH is 1. The van der Waals surface area contributed by atoms with Crippen molar-refractivity contribution >= 4 is 22.7 Å². The summed E-state index contributed by atoms with van der Waals surface area (Å²) in [6.45, 7) is 4.23. The van der Waals surface area contributed by atoms with E-state index < -0.39 is 0 Å². The molecule has 0 radical (unpaired) electrons. The zero-order valence-electron chi connectivity index (χ0n) is 11.3. The van der Waals surface area contributed by atoms with E-state index in [0.29, 0.717) is 18.1 Å². The van der Waals surface area contributed by atoms with Gasteiger partial charge < -0.3 is 16.2 Å². The predicted molar refractivity (Wildman–Crippen MR) is 78.0 cm³/mol. The van der Waals surface area contributed by atoms with Crippen molar-refractivity contribution in [1.82, 2.24) is 9.97 Å². The lowest BCUT2D eigenvalue weighted by Crippen LogP contribution is -2.35. The van der Waals surface area contributed by atoms with Crippen molar-refractivity contribution in [1.29, 1.82) is 0 Å². The Morgan fingerprint density at radius 1 is 1.26 bits per heavy atom. The SMILES string of the molecule is CCC(C)(CCO)Nc1nc2ccccc2nc1N. The van der Waals surface area contributed by atoms with Crippen LogP contribution < -0.4 is 11.1 Å². The summed E-state index contributed by atoms with van der Waals surface area (Å²) in [4.78, 5) is 8.85. The predicted octanol–water partition coefficient (Wildman–Crippen LogP) is 2.17. The maximum Gasteiger partial charge on any atom is 0.169 e. The first kappa shape index (κ1) is 13.5. The first-order valence-electron chi connectivity index (χ1n) is 6.49. The minimum atomic E-state index is -0.236. The Hall–Kier alpha value is -1.88. The van der Waals surface area contributed by atoms with Gasteiger partial charge in [0.05, 0.1) is 11.0 Å². The number of benzene rings is 1. The van der Waals surface area contributed by atoms with Crippen LogP contribution in [0.15, 0.2) is 24.3 Å². The Labute approximate surface area is 112 Å². The second-order valence-corrected chi connectivity index (χ2v) is 4.96. The number of anilines is 2. The number of para-hydroxylation sites is 2. The zero-order valence-corrected chi connectivity index (χ0v) is 11.3. The number of rotatable bonds is 5. The van der Waals surface area contributed by atoms with Crippen molar-refractivity contribution in [2.75, 3.05) is 17.7 Å². The maximum atomic E-state index is 9.14. The molecule has 0 saturated carbocycles. The quantitative estimate of drug-likeness (QED) is 0.767. The van der Waals surface area contributed by atoms with E-state index in [9.17, 15) is 0 Å². The number of hydrogen-bond donors (Lipinski definition) is 3. The van der Waals surface area contributed by atoms with Gasteiger partial charge in [0.15, 0.2) is 11.6 Å². The van der Waals surface area contributed by atoms with Crippen LogP contribution in [0.2, 0.25) is 0 Å². The van der Waals surface area contributed by atoms with Crippen molar-refractivity contribution < 1.29 is 5.11 Å². The fourth-order valence-electron chi connectivity index (χ4n) is 1.97. The lowest BCUT2D eigenvalue weighted by atomic mass is 9.95. The van der Waals surface area contributed by atoms with Gasteiger partial charge in [0.25, 0.3) is 0 Å². The summed E-state index contributed by atoms with van der Waals surface area (Å²) in [6, 6.07) is 7.62. The maximum absolute atomic E-state index is 9.14. The first-order valence-corrected chi connectivity index (χ1v) is 6.49. The highest BCUT2D eigenvalue weighted by molar-refractivity contribution is 5.79. The van der Waals surface area contributed by atoms with Gasteiger partial charge in [-0.15, -0.1) is 0 Å². The van der Waals surface area contributed by atoms with E-state index in [1.165, 1.54) is 0 Å². The third-order valence-corrected chi connectivity index (χ3v) is 3.46. The summed E-state index contributed by atoms with van der Waals surface area (Å²) in [7, 11) is 0. The van der Waals surface area contributed by atoms with E-state index in [-0.39, 0.29) is 12.1 Å². The van der Waals surface area contributed by atoms with E-state index in [1.807, 2.05) is 31.2 Å². The van der Waals surface area contributed by atoms with Crippen LogP contribution in [0.4, 0.5) is 11.6 Å². The largest absolute Gasteiger partial charge is 0.396 e. The molecule has 1 unspecified atom stereocenters. The molecule has 0 saturated heterocycles. The number of nitrogen functional groups attached to an aromatic ring is 1. The fraction of sp³-hybridized carbons (Fsp3) is 0.429. The monoisotopic (exact) mass is 260 g/mol. The molecule has 0 aliphatic carbocycles. The normalized spacial score (nSPS) is 14.3. The second-order valence-electron chi connectivity index (χ2n) is 4.96. The molecule has 1 atom stereocenters. The Balaban J connectivity index is 2.36. The minimum Gasteiger partial charge on any atom is -0.396 e. The van der Waals surface area contributed by atoms with Crippen LogP contribution in [0.1, 0.15) is 26.7 Å². The highest BCUT2D eigenvalue weighted by Gasteiger charge is 2.23. The molecular weight excluding hydrogens is 240 g/mol. The van der Waals surface area contributed by atoms with Crippen LogP contribution in [0, 0.1) is 0 Å². The number of aromatic nitrogens is 2. The van der Waals surface area contributed by atoms with Gasteiger partial charge >= 0.3 is 0 Å². The molecule has 5 heteroatoms. The minimum absolute atomic E-state index is 0.123. The van der Waals surface area contributed by atoms with Crippen molar-refractivity contribution in [3.8, 4) is 0 Å². The van der Waals surface area contributed by atoms with E-state index in [4.69, 9.17) is 10.8 Å². The van der Waals surface area contributed by atoms with Gasteiger partial charge in [0.1, 0.15) is 0 Å². The second kappa shape index (κ2) is 5.40. The smallest absolute Gasteiger partial charge is 0.169 e. The van der Waals surface area contributed by atoms with Gasteiger partial charge in [0, 0.05) is 12.1 Å². The molecule has 102 valence electrons. The summed E-state index contributed by atoms with van der Waals surface area (Å²) >= 11 is 0. The number of nitrogens with zero attached hydrogens (tertiary/aromatic N) is 2. The summed E-state index contributed by atoms with van der Waals surface area (Å²) < 4.78 is 0. The van der Waals surface area contributed by atoms with E-state index in [1.54, 1.807) is 0 Å². The number of nitrogens with one attached hydrogen (secondary N) is 1. The van der Waals surface area contributed by atoms with Crippen molar-refractivity contribution in [2.45, 2.75) is 32.2 Å². The molecular formula is C14H20N4O. The van der Waals surface area contributed by atoms with Crippen LogP contribution in [-0.2, 0) is 0 Å². The van der Waals surface area contributed by atoms with Crippen molar-refractivity contribution in [3.05, 3.63) is 24.3 Å². The summed E-state index contributed by atoms with van der Waals surface area (Å²) in [6.07, 6.45) is 1.50. The van der Waals surface area contributed by atoms with E-state index >= 15 is 0 Å². The summed E-state index contributed by atoms with van der Waals surface area (Å²) in [5.74, 6) is 0.966. The van der Waals surface area contributed by atoms with E-state index in [0.717, 1.165) is 17.5 Å². The lowest BCUT2D eigenvalue weighted by Gasteiger charge is -2.30. The van der Waals surface area contributed by atoms with Gasteiger partial charge in [-0.25, -0.2) is 9.97 Å². The Bertz CT molecular complexity index is 572. The van der Waals surface area contributed by atoms with Crippen LogP contribution in [-0.4, -0.2) is 27.2 Å². The molecule has 0 fully saturated rings.